The second kappa shape index (κ2) is 13.2. The summed E-state index contributed by atoms with van der Waals surface area (Å²) in [5.74, 6) is -1.11. The summed E-state index contributed by atoms with van der Waals surface area (Å²) in [5.41, 5.74) is 0.445. The monoisotopic (exact) mass is 358 g/mol. The van der Waals surface area contributed by atoms with Crippen molar-refractivity contribution in [2.45, 2.75) is 77.3 Å². The number of methoxy groups -OCH3 is 2. The lowest BCUT2D eigenvalue weighted by atomic mass is 10.0. The lowest BCUT2D eigenvalue weighted by molar-refractivity contribution is -0.284. The van der Waals surface area contributed by atoms with Crippen LogP contribution in [0.1, 0.15) is 63.9 Å². The molecule has 0 radical (unpaired) electrons. The highest BCUT2D eigenvalue weighted by Gasteiger charge is 2.18. The third-order valence-corrected chi connectivity index (χ3v) is 4.28. The predicted octanol–water partition coefficient (Wildman–Crippen LogP) is 5.61. The molecule has 0 bridgehead atoms. The number of ether oxygens (including phenoxy) is 3. The summed E-state index contributed by atoms with van der Waals surface area (Å²) < 4.78 is 42.9. The molecule has 1 atom stereocenters. The smallest absolute Gasteiger partial charge is 0.271 e. The van der Waals surface area contributed by atoms with Crippen molar-refractivity contribution in [1.82, 2.24) is 0 Å². The summed E-state index contributed by atoms with van der Waals surface area (Å²) in [5, 5.41) is 0. The molecule has 0 fully saturated rings. The standard InChI is InChI=1S/C20H32F2O3/c1-4-5-6-7-8-9-10-11-18(25-20(23-2)24-3)14-16-12-13-17(21)15-19(16)22/h12-13,15,18,20H,4-11,14H2,1-3H3. The first kappa shape index (κ1) is 22.0. The second-order valence-corrected chi connectivity index (χ2v) is 6.37. The van der Waals surface area contributed by atoms with Crippen molar-refractivity contribution in [2.75, 3.05) is 14.2 Å². The largest absolute Gasteiger partial charge is 0.333 e. The van der Waals surface area contributed by atoms with Crippen molar-refractivity contribution in [3.8, 4) is 0 Å². The highest BCUT2D eigenvalue weighted by atomic mass is 19.1. The number of halogens is 2. The summed E-state index contributed by atoms with van der Waals surface area (Å²) in [6.07, 6.45) is 9.32. The van der Waals surface area contributed by atoms with Crippen molar-refractivity contribution in [1.29, 1.82) is 0 Å². The molecule has 144 valence electrons. The van der Waals surface area contributed by atoms with E-state index in [0.29, 0.717) is 12.0 Å². The number of hydrogen-bond acceptors (Lipinski definition) is 3. The Kier molecular flexibility index (Phi) is 11.6. The fourth-order valence-electron chi connectivity index (χ4n) is 2.84. The Bertz CT molecular complexity index is 464. The molecule has 0 amide bonds. The molecular weight excluding hydrogens is 326 g/mol. The molecule has 0 spiro atoms. The van der Waals surface area contributed by atoms with Gasteiger partial charge in [-0.3, -0.25) is 0 Å². The molecule has 0 aliphatic rings. The van der Waals surface area contributed by atoms with Crippen LogP contribution in [-0.4, -0.2) is 26.8 Å². The SMILES string of the molecule is CCCCCCCCCC(Cc1ccc(F)cc1F)OC(OC)OC. The zero-order valence-corrected chi connectivity index (χ0v) is 15.7. The van der Waals surface area contributed by atoms with E-state index in [1.54, 1.807) is 0 Å². The van der Waals surface area contributed by atoms with Gasteiger partial charge in [-0.25, -0.2) is 8.78 Å². The maximum Gasteiger partial charge on any atom is 0.271 e. The van der Waals surface area contributed by atoms with Gasteiger partial charge in [0, 0.05) is 26.7 Å². The van der Waals surface area contributed by atoms with Gasteiger partial charge >= 0.3 is 0 Å². The fraction of sp³-hybridized carbons (Fsp3) is 0.700. The zero-order valence-electron chi connectivity index (χ0n) is 15.7. The lowest BCUT2D eigenvalue weighted by Crippen LogP contribution is -2.27. The Morgan fingerprint density at radius 3 is 2.16 bits per heavy atom. The van der Waals surface area contributed by atoms with Gasteiger partial charge in [-0.15, -0.1) is 0 Å². The normalized spacial score (nSPS) is 12.7. The number of benzene rings is 1. The number of rotatable bonds is 14. The third-order valence-electron chi connectivity index (χ3n) is 4.28. The van der Waals surface area contributed by atoms with Gasteiger partial charge in [0.2, 0.25) is 0 Å². The van der Waals surface area contributed by atoms with Crippen molar-refractivity contribution < 1.29 is 23.0 Å². The van der Waals surface area contributed by atoms with Gasteiger partial charge in [-0.1, -0.05) is 57.9 Å². The second-order valence-electron chi connectivity index (χ2n) is 6.37. The molecule has 1 aromatic rings. The van der Waals surface area contributed by atoms with Gasteiger partial charge in [-0.05, 0) is 18.1 Å². The van der Waals surface area contributed by atoms with E-state index in [4.69, 9.17) is 14.2 Å². The van der Waals surface area contributed by atoms with E-state index in [-0.39, 0.29) is 6.10 Å². The quantitative estimate of drug-likeness (QED) is 0.320. The number of hydrogen-bond donors (Lipinski definition) is 0. The van der Waals surface area contributed by atoms with Crippen LogP contribution in [0.3, 0.4) is 0 Å². The van der Waals surface area contributed by atoms with Crippen LogP contribution < -0.4 is 0 Å². The average Bonchev–Trinajstić information content (AvgIpc) is 2.60. The first-order valence-electron chi connectivity index (χ1n) is 9.25. The molecule has 5 heteroatoms. The van der Waals surface area contributed by atoms with E-state index >= 15 is 0 Å². The molecule has 1 aromatic carbocycles. The molecule has 0 saturated carbocycles. The molecule has 0 aliphatic heterocycles. The minimum atomic E-state index is -0.780. The summed E-state index contributed by atoms with van der Waals surface area (Å²) in [6.45, 7) is 1.43. The summed E-state index contributed by atoms with van der Waals surface area (Å²) in [4.78, 5) is 0. The van der Waals surface area contributed by atoms with Crippen LogP contribution in [-0.2, 0) is 20.6 Å². The third kappa shape index (κ3) is 9.28. The Labute approximate surface area is 150 Å². The molecule has 1 rings (SSSR count). The van der Waals surface area contributed by atoms with Crippen LogP contribution in [0.5, 0.6) is 0 Å². The zero-order chi connectivity index (χ0) is 18.5. The maximum atomic E-state index is 13.9. The van der Waals surface area contributed by atoms with Gasteiger partial charge in [0.1, 0.15) is 11.6 Å². The Hall–Kier alpha value is -1.04. The summed E-state index contributed by atoms with van der Waals surface area (Å²) in [7, 11) is 2.99. The van der Waals surface area contributed by atoms with Crippen LogP contribution in [0.4, 0.5) is 8.78 Å². The van der Waals surface area contributed by atoms with E-state index in [1.807, 2.05) is 0 Å². The topological polar surface area (TPSA) is 27.7 Å². The van der Waals surface area contributed by atoms with Crippen LogP contribution in [0.15, 0.2) is 18.2 Å². The summed E-state index contributed by atoms with van der Waals surface area (Å²) in [6, 6.07) is 3.65. The average molecular weight is 358 g/mol. The van der Waals surface area contributed by atoms with E-state index in [2.05, 4.69) is 6.92 Å². The lowest BCUT2D eigenvalue weighted by Gasteiger charge is -2.23. The maximum absolute atomic E-state index is 13.9. The van der Waals surface area contributed by atoms with Gasteiger partial charge in [0.05, 0.1) is 6.10 Å². The minimum Gasteiger partial charge on any atom is -0.333 e. The first-order valence-corrected chi connectivity index (χ1v) is 9.25. The molecular formula is C20H32F2O3. The van der Waals surface area contributed by atoms with Crippen molar-refractivity contribution in [3.05, 3.63) is 35.4 Å². The fourth-order valence-corrected chi connectivity index (χ4v) is 2.84. The molecule has 25 heavy (non-hydrogen) atoms. The van der Waals surface area contributed by atoms with E-state index in [9.17, 15) is 8.78 Å². The van der Waals surface area contributed by atoms with Crippen LogP contribution >= 0.6 is 0 Å². The number of unbranched alkanes of at least 4 members (excludes halogenated alkanes) is 6. The highest BCUT2D eigenvalue weighted by Crippen LogP contribution is 2.19. The molecule has 0 saturated heterocycles. The molecule has 0 aromatic heterocycles. The van der Waals surface area contributed by atoms with Crippen LogP contribution in [0, 0.1) is 11.6 Å². The van der Waals surface area contributed by atoms with E-state index < -0.39 is 18.1 Å². The first-order chi connectivity index (χ1) is 12.1. The van der Waals surface area contributed by atoms with Crippen molar-refractivity contribution >= 4 is 0 Å². The van der Waals surface area contributed by atoms with Crippen molar-refractivity contribution in [3.63, 3.8) is 0 Å². The molecule has 1 unspecified atom stereocenters. The van der Waals surface area contributed by atoms with Crippen molar-refractivity contribution in [2.24, 2.45) is 0 Å². The Morgan fingerprint density at radius 2 is 1.56 bits per heavy atom. The minimum absolute atomic E-state index is 0.236. The molecule has 0 aliphatic carbocycles. The predicted molar refractivity (Wildman–Crippen MR) is 95.4 cm³/mol. The van der Waals surface area contributed by atoms with E-state index in [0.717, 1.165) is 25.3 Å². The molecule has 0 N–H and O–H groups in total. The van der Waals surface area contributed by atoms with E-state index in [1.165, 1.54) is 58.5 Å². The van der Waals surface area contributed by atoms with Gasteiger partial charge < -0.3 is 14.2 Å². The molecule has 0 heterocycles. The highest BCUT2D eigenvalue weighted by molar-refractivity contribution is 5.19. The Morgan fingerprint density at radius 1 is 0.920 bits per heavy atom. The van der Waals surface area contributed by atoms with Crippen LogP contribution in [0.25, 0.3) is 0 Å². The van der Waals surface area contributed by atoms with Gasteiger partial charge in [-0.2, -0.15) is 0 Å². The molecule has 3 nitrogen and oxygen atoms in total. The van der Waals surface area contributed by atoms with Gasteiger partial charge in [0.15, 0.2) is 0 Å². The van der Waals surface area contributed by atoms with Gasteiger partial charge in [0.25, 0.3) is 6.48 Å². The van der Waals surface area contributed by atoms with Crippen LogP contribution in [0.2, 0.25) is 0 Å². The summed E-state index contributed by atoms with van der Waals surface area (Å²) >= 11 is 0. The Balaban J connectivity index is 2.51.